The van der Waals surface area contributed by atoms with Gasteiger partial charge < -0.3 is 21.1 Å². The summed E-state index contributed by atoms with van der Waals surface area (Å²) in [7, 11) is -3.78. The molecule has 1 aromatic rings. The summed E-state index contributed by atoms with van der Waals surface area (Å²) >= 11 is 0. The number of nitrogen functional groups attached to an aromatic ring is 1. The van der Waals surface area contributed by atoms with E-state index in [2.05, 4.69) is 10.6 Å². The fourth-order valence-electron chi connectivity index (χ4n) is 1.55. The molecule has 9 heteroatoms. The lowest BCUT2D eigenvalue weighted by Gasteiger charge is -2.19. The van der Waals surface area contributed by atoms with E-state index in [1.165, 1.54) is 18.2 Å². The highest BCUT2D eigenvalue weighted by Gasteiger charge is 2.15. The number of primary sulfonamides is 1. The molecule has 0 aliphatic rings. The highest BCUT2D eigenvalue weighted by molar-refractivity contribution is 7.89. The van der Waals surface area contributed by atoms with Gasteiger partial charge >= 0.3 is 6.09 Å². The van der Waals surface area contributed by atoms with Crippen LogP contribution in [0.4, 0.5) is 16.2 Å². The van der Waals surface area contributed by atoms with Gasteiger partial charge in [0, 0.05) is 13.1 Å². The molecule has 0 saturated carbocycles. The van der Waals surface area contributed by atoms with Gasteiger partial charge in [0.2, 0.25) is 10.0 Å². The fourth-order valence-corrected chi connectivity index (χ4v) is 2.10. The summed E-state index contributed by atoms with van der Waals surface area (Å²) in [5, 5.41) is 10.6. The lowest BCUT2D eigenvalue weighted by molar-refractivity contribution is 0.0530. The summed E-state index contributed by atoms with van der Waals surface area (Å²) in [6.45, 7) is 6.05. The van der Waals surface area contributed by atoms with Gasteiger partial charge in [0.25, 0.3) is 0 Å². The molecular formula is C13H22N4O4S. The van der Waals surface area contributed by atoms with E-state index in [-0.39, 0.29) is 10.6 Å². The lowest BCUT2D eigenvalue weighted by atomic mass is 10.2. The molecule has 124 valence electrons. The second kappa shape index (κ2) is 6.84. The zero-order valence-electron chi connectivity index (χ0n) is 12.8. The van der Waals surface area contributed by atoms with Crippen LogP contribution >= 0.6 is 0 Å². The molecule has 0 saturated heterocycles. The minimum atomic E-state index is -3.78. The largest absolute Gasteiger partial charge is 0.444 e. The van der Waals surface area contributed by atoms with Gasteiger partial charge in [-0.3, -0.25) is 0 Å². The molecule has 0 aromatic heterocycles. The normalized spacial score (nSPS) is 11.8. The summed E-state index contributed by atoms with van der Waals surface area (Å²) in [6, 6.07) is 4.15. The van der Waals surface area contributed by atoms with Crippen molar-refractivity contribution in [3.8, 4) is 0 Å². The number of hydrogen-bond acceptors (Lipinski definition) is 6. The predicted octanol–water partition coefficient (Wildman–Crippen LogP) is 0.853. The molecule has 1 rings (SSSR count). The topological polar surface area (TPSA) is 137 Å². The van der Waals surface area contributed by atoms with Crippen molar-refractivity contribution in [2.24, 2.45) is 5.14 Å². The van der Waals surface area contributed by atoms with E-state index in [9.17, 15) is 13.2 Å². The number of anilines is 2. The summed E-state index contributed by atoms with van der Waals surface area (Å²) in [4.78, 5) is 11.4. The first kappa shape index (κ1) is 18.1. The Kier molecular flexibility index (Phi) is 5.61. The number of carbonyl (C=O) groups is 1. The number of sulfonamides is 1. The predicted molar refractivity (Wildman–Crippen MR) is 85.0 cm³/mol. The van der Waals surface area contributed by atoms with Crippen LogP contribution in [0, 0.1) is 0 Å². The number of hydrogen-bond donors (Lipinski definition) is 4. The van der Waals surface area contributed by atoms with Crippen LogP contribution in [0.3, 0.4) is 0 Å². The van der Waals surface area contributed by atoms with Gasteiger partial charge in [0.1, 0.15) is 5.60 Å². The van der Waals surface area contributed by atoms with E-state index in [0.29, 0.717) is 18.8 Å². The molecule has 0 unspecified atom stereocenters. The van der Waals surface area contributed by atoms with E-state index in [0.717, 1.165) is 0 Å². The van der Waals surface area contributed by atoms with Crippen LogP contribution in [-0.4, -0.2) is 33.2 Å². The Bertz CT molecular complexity index is 638. The van der Waals surface area contributed by atoms with Gasteiger partial charge in [-0.2, -0.15) is 0 Å². The second-order valence-electron chi connectivity index (χ2n) is 5.65. The van der Waals surface area contributed by atoms with Crippen LogP contribution in [0.2, 0.25) is 0 Å². The van der Waals surface area contributed by atoms with Crippen LogP contribution in [0.25, 0.3) is 0 Å². The minimum absolute atomic E-state index is 0.0533. The van der Waals surface area contributed by atoms with Gasteiger partial charge in [-0.05, 0) is 39.0 Å². The molecule has 0 atom stereocenters. The third kappa shape index (κ3) is 6.19. The molecule has 0 radical (unpaired) electrons. The van der Waals surface area contributed by atoms with Crippen molar-refractivity contribution in [3.63, 3.8) is 0 Å². The van der Waals surface area contributed by atoms with E-state index >= 15 is 0 Å². The molecule has 0 aliphatic carbocycles. The smallest absolute Gasteiger partial charge is 0.407 e. The molecule has 6 N–H and O–H groups in total. The Labute approximate surface area is 130 Å². The number of alkyl carbamates (subject to hydrolysis) is 1. The highest BCUT2D eigenvalue weighted by atomic mass is 32.2. The first-order chi connectivity index (χ1) is 9.99. The maximum atomic E-state index is 11.4. The summed E-state index contributed by atoms with van der Waals surface area (Å²) < 4.78 is 27.5. The average molecular weight is 330 g/mol. The molecule has 1 aromatic carbocycles. The van der Waals surface area contributed by atoms with Crippen molar-refractivity contribution in [2.75, 3.05) is 24.1 Å². The number of nitrogens with two attached hydrogens (primary N) is 2. The minimum Gasteiger partial charge on any atom is -0.444 e. The van der Waals surface area contributed by atoms with Crippen molar-refractivity contribution in [1.29, 1.82) is 0 Å². The Morgan fingerprint density at radius 1 is 1.27 bits per heavy atom. The molecule has 0 bridgehead atoms. The Morgan fingerprint density at radius 2 is 1.91 bits per heavy atom. The third-order valence-electron chi connectivity index (χ3n) is 2.46. The van der Waals surface area contributed by atoms with E-state index in [1.807, 2.05) is 0 Å². The van der Waals surface area contributed by atoms with Gasteiger partial charge in [0.15, 0.2) is 0 Å². The summed E-state index contributed by atoms with van der Waals surface area (Å²) in [5.41, 5.74) is 6.01. The maximum absolute atomic E-state index is 11.4. The number of carbonyl (C=O) groups excluding carboxylic acids is 1. The number of nitrogens with one attached hydrogen (secondary N) is 2. The lowest BCUT2D eigenvalue weighted by Crippen LogP contribution is -2.35. The van der Waals surface area contributed by atoms with Crippen molar-refractivity contribution in [1.82, 2.24) is 5.32 Å². The van der Waals surface area contributed by atoms with E-state index in [1.54, 1.807) is 20.8 Å². The highest BCUT2D eigenvalue weighted by Crippen LogP contribution is 2.21. The third-order valence-corrected chi connectivity index (χ3v) is 3.37. The fraction of sp³-hybridized carbons (Fsp3) is 0.462. The van der Waals surface area contributed by atoms with Crippen LogP contribution in [0.15, 0.2) is 23.1 Å². The van der Waals surface area contributed by atoms with Crippen LogP contribution in [-0.2, 0) is 14.8 Å². The quantitative estimate of drug-likeness (QED) is 0.467. The zero-order valence-corrected chi connectivity index (χ0v) is 13.7. The van der Waals surface area contributed by atoms with Gasteiger partial charge in [-0.25, -0.2) is 18.4 Å². The van der Waals surface area contributed by atoms with Gasteiger partial charge in [0.05, 0.1) is 16.3 Å². The van der Waals surface area contributed by atoms with Crippen LogP contribution in [0.1, 0.15) is 20.8 Å². The van der Waals surface area contributed by atoms with Crippen molar-refractivity contribution in [3.05, 3.63) is 18.2 Å². The Balaban J connectivity index is 2.48. The second-order valence-corrected chi connectivity index (χ2v) is 7.21. The number of rotatable bonds is 5. The molecule has 0 aliphatic heterocycles. The standard InChI is InChI=1S/C13H22N4O4S/c1-13(2,3)21-12(18)17-7-6-16-11-5-4-9(8-10(11)14)22(15,19)20/h4-5,8,16H,6-7,14H2,1-3H3,(H,17,18)(H2,15,19,20). The Hall–Kier alpha value is -2.00. The molecule has 22 heavy (non-hydrogen) atoms. The molecule has 1 amide bonds. The maximum Gasteiger partial charge on any atom is 0.407 e. The zero-order chi connectivity index (χ0) is 17.0. The molecule has 0 heterocycles. The number of benzene rings is 1. The van der Waals surface area contributed by atoms with Crippen molar-refractivity contribution in [2.45, 2.75) is 31.3 Å². The average Bonchev–Trinajstić information content (AvgIpc) is 2.32. The summed E-state index contributed by atoms with van der Waals surface area (Å²) in [5.74, 6) is 0. The van der Waals surface area contributed by atoms with Crippen molar-refractivity contribution < 1.29 is 17.9 Å². The SMILES string of the molecule is CC(C)(C)OC(=O)NCCNc1ccc(S(N)(=O)=O)cc1N. The monoisotopic (exact) mass is 330 g/mol. The van der Waals surface area contributed by atoms with Gasteiger partial charge in [-0.15, -0.1) is 0 Å². The molecule has 0 fully saturated rings. The number of ether oxygens (including phenoxy) is 1. The molecule has 0 spiro atoms. The molecule has 8 nitrogen and oxygen atoms in total. The van der Waals surface area contributed by atoms with Gasteiger partial charge in [-0.1, -0.05) is 0 Å². The Morgan fingerprint density at radius 3 is 2.41 bits per heavy atom. The van der Waals surface area contributed by atoms with Crippen LogP contribution in [0.5, 0.6) is 0 Å². The molecular weight excluding hydrogens is 308 g/mol. The first-order valence-electron chi connectivity index (χ1n) is 6.62. The van der Waals surface area contributed by atoms with E-state index in [4.69, 9.17) is 15.6 Å². The van der Waals surface area contributed by atoms with Crippen LogP contribution < -0.4 is 21.5 Å². The summed E-state index contributed by atoms with van der Waals surface area (Å²) in [6.07, 6.45) is -0.508. The van der Waals surface area contributed by atoms with E-state index < -0.39 is 21.7 Å². The van der Waals surface area contributed by atoms with Crippen molar-refractivity contribution >= 4 is 27.5 Å². The number of amides is 1. The first-order valence-corrected chi connectivity index (χ1v) is 8.17.